The van der Waals surface area contributed by atoms with E-state index in [-0.39, 0.29) is 12.2 Å². The molecular formula is C29H52O8. The molecule has 0 fully saturated rings. The maximum atomic E-state index is 12.8. The third-order valence-corrected chi connectivity index (χ3v) is 6.76. The van der Waals surface area contributed by atoms with Crippen molar-refractivity contribution in [1.29, 1.82) is 0 Å². The van der Waals surface area contributed by atoms with E-state index in [1.807, 2.05) is 0 Å². The van der Waals surface area contributed by atoms with E-state index in [9.17, 15) is 29.4 Å². The minimum atomic E-state index is -2.77. The van der Waals surface area contributed by atoms with Gasteiger partial charge in [-0.3, -0.25) is 14.4 Å². The molecule has 0 aromatic carbocycles. The van der Waals surface area contributed by atoms with Gasteiger partial charge in [0.2, 0.25) is 0 Å². The average molecular weight is 529 g/mol. The van der Waals surface area contributed by atoms with Crippen LogP contribution < -0.4 is 0 Å². The van der Waals surface area contributed by atoms with Crippen molar-refractivity contribution in [2.75, 3.05) is 0 Å². The molecular weight excluding hydrogens is 476 g/mol. The van der Waals surface area contributed by atoms with Gasteiger partial charge in [-0.25, -0.2) is 4.79 Å². The predicted octanol–water partition coefficient (Wildman–Crippen LogP) is 6.60. The molecule has 0 amide bonds. The summed E-state index contributed by atoms with van der Waals surface area (Å²) in [6, 6.07) is 0. The third-order valence-electron chi connectivity index (χ3n) is 6.76. The molecule has 0 aliphatic rings. The number of unbranched alkanes of at least 4 members (excludes halogenated alkanes) is 15. The van der Waals surface area contributed by atoms with Crippen LogP contribution in [-0.4, -0.2) is 50.7 Å². The predicted molar refractivity (Wildman–Crippen MR) is 143 cm³/mol. The second kappa shape index (κ2) is 22.1. The van der Waals surface area contributed by atoms with Crippen LogP contribution in [0.4, 0.5) is 0 Å². The molecule has 216 valence electrons. The van der Waals surface area contributed by atoms with Crippen LogP contribution in [0.5, 0.6) is 0 Å². The highest BCUT2D eigenvalue weighted by molar-refractivity contribution is 5.90. The topological polar surface area (TPSA) is 138 Å². The Bertz CT molecular complexity index is 648. The Morgan fingerprint density at radius 3 is 1.51 bits per heavy atom. The highest BCUT2D eigenvalue weighted by atomic mass is 16.5. The van der Waals surface area contributed by atoms with Crippen LogP contribution >= 0.6 is 0 Å². The quantitative estimate of drug-likeness (QED) is 0.0843. The fourth-order valence-corrected chi connectivity index (χ4v) is 4.42. The summed E-state index contributed by atoms with van der Waals surface area (Å²) >= 11 is 0. The summed E-state index contributed by atoms with van der Waals surface area (Å²) in [5.41, 5.74) is -2.77. The monoisotopic (exact) mass is 528 g/mol. The Balaban J connectivity index is 4.60. The van der Waals surface area contributed by atoms with Crippen LogP contribution in [0.1, 0.15) is 149 Å². The number of ether oxygens (including phenoxy) is 1. The maximum absolute atomic E-state index is 12.8. The molecule has 8 heteroatoms. The molecule has 0 heterocycles. The Kier molecular flexibility index (Phi) is 20.9. The summed E-state index contributed by atoms with van der Waals surface area (Å²) in [6.07, 6.45) is 16.3. The average Bonchev–Trinajstić information content (AvgIpc) is 2.83. The van der Waals surface area contributed by atoms with Gasteiger partial charge in [-0.1, -0.05) is 110 Å². The SMILES string of the molecule is CCCCCCCCCCCCCCC(OC(=O)CC(O)(CC(=O)O)C(=O)O)C(=O)CCCCCCC. The van der Waals surface area contributed by atoms with Crippen molar-refractivity contribution in [1.82, 2.24) is 0 Å². The molecule has 0 saturated carbocycles. The second-order valence-corrected chi connectivity index (χ2v) is 10.4. The van der Waals surface area contributed by atoms with Crippen LogP contribution in [0.15, 0.2) is 0 Å². The van der Waals surface area contributed by atoms with Gasteiger partial charge in [-0.15, -0.1) is 0 Å². The molecule has 0 aromatic rings. The lowest BCUT2D eigenvalue weighted by Gasteiger charge is -2.22. The van der Waals surface area contributed by atoms with E-state index >= 15 is 0 Å². The van der Waals surface area contributed by atoms with Crippen LogP contribution in [0, 0.1) is 0 Å². The Morgan fingerprint density at radius 1 is 0.649 bits per heavy atom. The number of Topliss-reactive ketones (excluding diaryl/α,β-unsaturated/α-hetero) is 1. The number of carbonyl (C=O) groups is 4. The van der Waals surface area contributed by atoms with Crippen molar-refractivity contribution in [3.8, 4) is 0 Å². The number of rotatable bonds is 26. The number of hydrogen-bond acceptors (Lipinski definition) is 6. The highest BCUT2D eigenvalue weighted by Crippen LogP contribution is 2.20. The summed E-state index contributed by atoms with van der Waals surface area (Å²) in [4.78, 5) is 47.5. The van der Waals surface area contributed by atoms with Crippen molar-refractivity contribution in [2.45, 2.75) is 160 Å². The van der Waals surface area contributed by atoms with Crippen molar-refractivity contribution in [3.05, 3.63) is 0 Å². The second-order valence-electron chi connectivity index (χ2n) is 10.4. The summed E-state index contributed by atoms with van der Waals surface area (Å²) in [7, 11) is 0. The fraction of sp³-hybridized carbons (Fsp3) is 0.862. The summed E-state index contributed by atoms with van der Waals surface area (Å²) in [5, 5.41) is 28.2. The molecule has 0 saturated heterocycles. The van der Waals surface area contributed by atoms with Crippen LogP contribution in [-0.2, 0) is 23.9 Å². The molecule has 0 aromatic heterocycles. The molecule has 8 nitrogen and oxygen atoms in total. The van der Waals surface area contributed by atoms with Crippen LogP contribution in [0.25, 0.3) is 0 Å². The smallest absolute Gasteiger partial charge is 0.336 e. The minimum Gasteiger partial charge on any atom is -0.481 e. The van der Waals surface area contributed by atoms with Crippen LogP contribution in [0.2, 0.25) is 0 Å². The van der Waals surface area contributed by atoms with Gasteiger partial charge >= 0.3 is 17.9 Å². The van der Waals surface area contributed by atoms with E-state index in [0.29, 0.717) is 19.3 Å². The highest BCUT2D eigenvalue weighted by Gasteiger charge is 2.42. The van der Waals surface area contributed by atoms with Gasteiger partial charge in [0.25, 0.3) is 0 Å². The first kappa shape index (κ1) is 35.0. The number of hydrogen-bond donors (Lipinski definition) is 3. The van der Waals surface area contributed by atoms with Crippen LogP contribution in [0.3, 0.4) is 0 Å². The third kappa shape index (κ3) is 18.9. The van der Waals surface area contributed by atoms with E-state index in [4.69, 9.17) is 9.84 Å². The number of carboxylic acid groups (broad SMARTS) is 2. The summed E-state index contributed by atoms with van der Waals surface area (Å²) in [6.45, 7) is 4.33. The molecule has 0 spiro atoms. The van der Waals surface area contributed by atoms with Crippen molar-refractivity contribution < 1.29 is 39.2 Å². The Hall–Kier alpha value is -1.96. The minimum absolute atomic E-state index is 0.204. The standard InChI is InChI=1S/C29H52O8/c1-3-5-7-9-10-11-12-13-14-15-17-19-21-25(24(30)20-18-16-8-6-4-2)37-27(33)23-29(36,28(34)35)22-26(31)32/h25,36H,3-23H2,1-2H3,(H,31,32)(H,34,35). The van der Waals surface area contributed by atoms with Crippen molar-refractivity contribution >= 4 is 23.7 Å². The molecule has 3 N–H and O–H groups in total. The zero-order valence-electron chi connectivity index (χ0n) is 23.3. The number of ketones is 1. The first-order valence-corrected chi connectivity index (χ1v) is 14.6. The maximum Gasteiger partial charge on any atom is 0.336 e. The number of aliphatic hydroxyl groups is 1. The number of aliphatic carboxylic acids is 2. The van der Waals surface area contributed by atoms with Gasteiger partial charge in [0.1, 0.15) is 0 Å². The lowest BCUT2D eigenvalue weighted by molar-refractivity contribution is -0.174. The van der Waals surface area contributed by atoms with E-state index < -0.39 is 42.5 Å². The van der Waals surface area contributed by atoms with Gasteiger partial charge < -0.3 is 20.1 Å². The number of esters is 1. The number of carboxylic acids is 2. The van der Waals surface area contributed by atoms with E-state index in [1.54, 1.807) is 0 Å². The summed E-state index contributed by atoms with van der Waals surface area (Å²) in [5.74, 6) is -4.64. The zero-order chi connectivity index (χ0) is 27.9. The van der Waals surface area contributed by atoms with Gasteiger partial charge in [-0.2, -0.15) is 0 Å². The number of carbonyl (C=O) groups excluding carboxylic acids is 2. The molecule has 2 unspecified atom stereocenters. The van der Waals surface area contributed by atoms with Crippen molar-refractivity contribution in [2.24, 2.45) is 0 Å². The van der Waals surface area contributed by atoms with Gasteiger partial charge in [-0.05, 0) is 19.3 Å². The molecule has 0 rings (SSSR count). The first-order valence-electron chi connectivity index (χ1n) is 14.6. The van der Waals surface area contributed by atoms with E-state index in [2.05, 4.69) is 13.8 Å². The molecule has 2 atom stereocenters. The van der Waals surface area contributed by atoms with Gasteiger partial charge in [0, 0.05) is 6.42 Å². The lowest BCUT2D eigenvalue weighted by atomic mass is 9.95. The van der Waals surface area contributed by atoms with E-state index in [0.717, 1.165) is 44.9 Å². The zero-order valence-corrected chi connectivity index (χ0v) is 23.3. The van der Waals surface area contributed by atoms with Gasteiger partial charge in [0.05, 0.1) is 12.8 Å². The molecule has 0 radical (unpaired) electrons. The lowest BCUT2D eigenvalue weighted by Crippen LogP contribution is -2.44. The molecule has 0 aliphatic heterocycles. The Labute approximate surface area is 223 Å². The summed E-state index contributed by atoms with van der Waals surface area (Å²) < 4.78 is 5.31. The Morgan fingerprint density at radius 2 is 1.08 bits per heavy atom. The normalized spacial score (nSPS) is 13.6. The first-order chi connectivity index (χ1) is 17.7. The van der Waals surface area contributed by atoms with Crippen molar-refractivity contribution in [3.63, 3.8) is 0 Å². The molecule has 0 bridgehead atoms. The molecule has 0 aliphatic carbocycles. The van der Waals surface area contributed by atoms with Gasteiger partial charge in [0.15, 0.2) is 17.5 Å². The largest absolute Gasteiger partial charge is 0.481 e. The molecule has 37 heavy (non-hydrogen) atoms. The van der Waals surface area contributed by atoms with E-state index in [1.165, 1.54) is 51.4 Å². The fourth-order valence-electron chi connectivity index (χ4n) is 4.42.